The Morgan fingerprint density at radius 2 is 0.762 bits per heavy atom. The minimum Gasteiger partial charge on any atom is -0.310 e. The zero-order valence-electron chi connectivity index (χ0n) is 34.4. The van der Waals surface area contributed by atoms with Gasteiger partial charge in [0.15, 0.2) is 11.6 Å². The second-order valence-electron chi connectivity index (χ2n) is 16.1. The van der Waals surface area contributed by atoms with E-state index in [2.05, 4.69) is 216 Å². The van der Waals surface area contributed by atoms with Gasteiger partial charge >= 0.3 is 0 Å². The van der Waals surface area contributed by atoms with Gasteiger partial charge in [0.05, 0.1) is 22.1 Å². The first kappa shape index (κ1) is 36.4. The van der Waals surface area contributed by atoms with Crippen LogP contribution in [0.15, 0.2) is 224 Å². The van der Waals surface area contributed by atoms with Crippen molar-refractivity contribution < 1.29 is 0 Å². The highest BCUT2D eigenvalue weighted by molar-refractivity contribution is 6.24. The third-order valence-electron chi connectivity index (χ3n) is 12.3. The van der Waals surface area contributed by atoms with Crippen molar-refractivity contribution >= 4 is 54.9 Å². The lowest BCUT2D eigenvalue weighted by molar-refractivity contribution is 0.953. The number of para-hydroxylation sites is 2. The van der Waals surface area contributed by atoms with Crippen LogP contribution in [0.1, 0.15) is 12.0 Å². The first-order chi connectivity index (χ1) is 31.2. The number of benzene rings is 8. The quantitative estimate of drug-likeness (QED) is 0.161. The SMILES string of the molecule is C=C1C=CC(c2ccccc2)=C(n2c3ccccc3c3ccc4c5ccccc5n(-c5nc(-c6ccc(-c7ccccc7)cc6)nc(-c6ccc(-c7ccccc7)cc6)n5)c4c32)C1. The average Bonchev–Trinajstić information content (AvgIpc) is 3.88. The van der Waals surface area contributed by atoms with E-state index in [1.54, 1.807) is 0 Å². The maximum absolute atomic E-state index is 5.41. The van der Waals surface area contributed by atoms with Gasteiger partial charge in [-0.1, -0.05) is 207 Å². The number of aromatic nitrogens is 5. The molecule has 3 heterocycles. The molecule has 3 aromatic heterocycles. The van der Waals surface area contributed by atoms with Crippen LogP contribution in [-0.2, 0) is 0 Å². The smallest absolute Gasteiger partial charge is 0.238 e. The summed E-state index contributed by atoms with van der Waals surface area (Å²) in [6.45, 7) is 4.48. The van der Waals surface area contributed by atoms with Crippen molar-refractivity contribution in [1.82, 2.24) is 24.1 Å². The van der Waals surface area contributed by atoms with Crippen LogP contribution in [0.4, 0.5) is 0 Å². The summed E-state index contributed by atoms with van der Waals surface area (Å²) in [5, 5.41) is 4.58. The molecule has 0 saturated carbocycles. The fraction of sp³-hybridized carbons (Fsp3) is 0.0172. The van der Waals surface area contributed by atoms with E-state index in [1.165, 1.54) is 22.2 Å². The van der Waals surface area contributed by atoms with Gasteiger partial charge in [-0.3, -0.25) is 4.57 Å². The molecule has 5 nitrogen and oxygen atoms in total. The van der Waals surface area contributed by atoms with E-state index in [4.69, 9.17) is 15.0 Å². The number of hydrogen-bond donors (Lipinski definition) is 0. The molecule has 296 valence electrons. The van der Waals surface area contributed by atoms with E-state index >= 15 is 0 Å². The Morgan fingerprint density at radius 3 is 1.29 bits per heavy atom. The summed E-state index contributed by atoms with van der Waals surface area (Å²) >= 11 is 0. The van der Waals surface area contributed by atoms with Gasteiger partial charge in [0, 0.05) is 50.4 Å². The molecule has 0 bridgehead atoms. The molecule has 0 N–H and O–H groups in total. The Bertz CT molecular complexity index is 3510. The minimum absolute atomic E-state index is 0.551. The highest BCUT2D eigenvalue weighted by atomic mass is 15.2. The van der Waals surface area contributed by atoms with Gasteiger partial charge < -0.3 is 4.57 Å². The van der Waals surface area contributed by atoms with Crippen LogP contribution in [0.3, 0.4) is 0 Å². The van der Waals surface area contributed by atoms with Crippen LogP contribution in [-0.4, -0.2) is 24.1 Å². The van der Waals surface area contributed by atoms with Crippen molar-refractivity contribution in [1.29, 1.82) is 0 Å². The summed E-state index contributed by atoms with van der Waals surface area (Å²) in [5.41, 5.74) is 15.3. The Morgan fingerprint density at radius 1 is 0.349 bits per heavy atom. The minimum atomic E-state index is 0.551. The molecule has 8 aromatic carbocycles. The van der Waals surface area contributed by atoms with Crippen molar-refractivity contribution in [2.75, 3.05) is 0 Å². The summed E-state index contributed by atoms with van der Waals surface area (Å²) < 4.78 is 4.75. The number of rotatable bonds is 7. The maximum Gasteiger partial charge on any atom is 0.238 e. The molecule has 1 aliphatic carbocycles. The summed E-state index contributed by atoms with van der Waals surface area (Å²) in [6.07, 6.45) is 5.07. The van der Waals surface area contributed by atoms with E-state index in [1.807, 2.05) is 12.1 Å². The van der Waals surface area contributed by atoms with Gasteiger partial charge in [0.1, 0.15) is 0 Å². The molecule has 12 rings (SSSR count). The average molecular weight is 806 g/mol. The maximum atomic E-state index is 5.41. The Kier molecular flexibility index (Phi) is 8.64. The molecule has 0 fully saturated rings. The van der Waals surface area contributed by atoms with Crippen LogP contribution in [0.2, 0.25) is 0 Å². The molecule has 0 aliphatic heterocycles. The van der Waals surface area contributed by atoms with Gasteiger partial charge in [0.25, 0.3) is 0 Å². The van der Waals surface area contributed by atoms with E-state index in [0.29, 0.717) is 24.0 Å². The zero-order valence-corrected chi connectivity index (χ0v) is 34.4. The molecular weight excluding hydrogens is 767 g/mol. The third kappa shape index (κ3) is 6.21. The molecule has 63 heavy (non-hydrogen) atoms. The van der Waals surface area contributed by atoms with E-state index in [9.17, 15) is 0 Å². The fourth-order valence-corrected chi connectivity index (χ4v) is 9.34. The first-order valence-corrected chi connectivity index (χ1v) is 21.3. The molecule has 0 unspecified atom stereocenters. The summed E-state index contributed by atoms with van der Waals surface area (Å²) in [5.74, 6) is 1.75. The highest BCUT2D eigenvalue weighted by Gasteiger charge is 2.26. The molecule has 11 aromatic rings. The molecule has 0 radical (unpaired) electrons. The molecule has 0 saturated heterocycles. The van der Waals surface area contributed by atoms with Crippen LogP contribution < -0.4 is 0 Å². The Labute approximate surface area is 364 Å². The van der Waals surface area contributed by atoms with Gasteiger partial charge in [-0.25, -0.2) is 4.98 Å². The van der Waals surface area contributed by atoms with Crippen molar-refractivity contribution in [3.8, 4) is 51.0 Å². The molecular formula is C58H39N5. The number of fused-ring (bicyclic) bond motifs is 7. The lowest BCUT2D eigenvalue weighted by Crippen LogP contribution is -2.08. The third-order valence-corrected chi connectivity index (χ3v) is 12.3. The first-order valence-electron chi connectivity index (χ1n) is 21.3. The van der Waals surface area contributed by atoms with E-state index < -0.39 is 0 Å². The zero-order chi connectivity index (χ0) is 41.9. The van der Waals surface area contributed by atoms with Crippen LogP contribution >= 0.6 is 0 Å². The monoisotopic (exact) mass is 805 g/mol. The molecule has 1 aliphatic rings. The van der Waals surface area contributed by atoms with Crippen molar-refractivity contribution in [3.05, 3.63) is 230 Å². The second-order valence-corrected chi connectivity index (χ2v) is 16.1. The van der Waals surface area contributed by atoms with E-state index in [-0.39, 0.29) is 0 Å². The largest absolute Gasteiger partial charge is 0.310 e. The lowest BCUT2D eigenvalue weighted by Gasteiger charge is -2.21. The van der Waals surface area contributed by atoms with Gasteiger partial charge in [-0.2, -0.15) is 9.97 Å². The highest BCUT2D eigenvalue weighted by Crippen LogP contribution is 2.44. The number of hydrogen-bond acceptors (Lipinski definition) is 3. The molecule has 5 heteroatoms. The summed E-state index contributed by atoms with van der Waals surface area (Å²) in [7, 11) is 0. The number of nitrogens with zero attached hydrogens (tertiary/aromatic N) is 5. The van der Waals surface area contributed by atoms with Crippen molar-refractivity contribution in [2.24, 2.45) is 0 Å². The van der Waals surface area contributed by atoms with Gasteiger partial charge in [-0.05, 0) is 45.5 Å². The van der Waals surface area contributed by atoms with Gasteiger partial charge in [0.2, 0.25) is 5.95 Å². The molecule has 0 amide bonds. The summed E-state index contributed by atoms with van der Waals surface area (Å²) in [4.78, 5) is 16.0. The molecule has 0 atom stereocenters. The second kappa shape index (κ2) is 14.9. The number of allylic oxidation sites excluding steroid dienone is 5. The fourth-order valence-electron chi connectivity index (χ4n) is 9.34. The van der Waals surface area contributed by atoms with Crippen molar-refractivity contribution in [2.45, 2.75) is 6.42 Å². The van der Waals surface area contributed by atoms with Gasteiger partial charge in [-0.15, -0.1) is 0 Å². The predicted molar refractivity (Wildman–Crippen MR) is 261 cm³/mol. The summed E-state index contributed by atoms with van der Waals surface area (Å²) in [6, 6.07) is 70.6. The predicted octanol–water partition coefficient (Wildman–Crippen LogP) is 14.6. The topological polar surface area (TPSA) is 48.5 Å². The Hall–Kier alpha value is -8.41. The molecule has 0 spiro atoms. The van der Waals surface area contributed by atoms with Crippen LogP contribution in [0.25, 0.3) is 106 Å². The normalized spacial score (nSPS) is 12.9. The van der Waals surface area contributed by atoms with E-state index in [0.717, 1.165) is 77.2 Å². The van der Waals surface area contributed by atoms with Crippen molar-refractivity contribution in [3.63, 3.8) is 0 Å². The van der Waals surface area contributed by atoms with Crippen LogP contribution in [0.5, 0.6) is 0 Å². The Balaban J connectivity index is 1.16. The lowest BCUT2D eigenvalue weighted by atomic mass is 9.94. The standard InChI is InChI=1S/C58H39N5/c1-38-25-34-46(43-19-9-4-10-20-43)53(37-38)62-51-23-13-11-21-47(51)49-35-36-50-48-22-12-14-24-52(48)63(55(50)54(49)62)58-60-56(44-30-26-41(27-31-44)39-15-5-2-6-16-39)59-57(61-58)45-32-28-42(29-33-45)40-17-7-3-8-18-40/h2-36H,1,37H2. The van der Waals surface area contributed by atoms with Crippen LogP contribution in [0, 0.1) is 0 Å².